The monoisotopic (exact) mass is 210 g/mol. The lowest BCUT2D eigenvalue weighted by Crippen LogP contribution is -2.31. The second-order valence-electron chi connectivity index (χ2n) is 4.05. The topological polar surface area (TPSA) is 3.88 Å². The molecule has 1 aromatic heterocycles. The molecule has 1 aromatic carbocycles. The van der Waals surface area contributed by atoms with Gasteiger partial charge < -0.3 is 0 Å². The van der Waals surface area contributed by atoms with Crippen LogP contribution in [0.5, 0.6) is 0 Å². The summed E-state index contributed by atoms with van der Waals surface area (Å²) >= 11 is 0. The van der Waals surface area contributed by atoms with Crippen molar-refractivity contribution >= 4 is 5.70 Å². The number of rotatable bonds is 2. The molecule has 0 aliphatic heterocycles. The number of pyridine rings is 1. The van der Waals surface area contributed by atoms with Crippen LogP contribution in [0.15, 0.2) is 55.4 Å². The smallest absolute Gasteiger partial charge is 0.167 e. The quantitative estimate of drug-likeness (QED) is 0.671. The summed E-state index contributed by atoms with van der Waals surface area (Å²) in [4.78, 5) is 0. The van der Waals surface area contributed by atoms with Crippen LogP contribution in [0.3, 0.4) is 0 Å². The van der Waals surface area contributed by atoms with Crippen molar-refractivity contribution in [2.45, 2.75) is 13.8 Å². The first-order valence-electron chi connectivity index (χ1n) is 5.41. The molecule has 16 heavy (non-hydrogen) atoms. The van der Waals surface area contributed by atoms with Crippen molar-refractivity contribution in [1.82, 2.24) is 0 Å². The van der Waals surface area contributed by atoms with E-state index in [1.807, 2.05) is 35.2 Å². The molecule has 0 aliphatic carbocycles. The molecule has 0 N–H and O–H groups in total. The van der Waals surface area contributed by atoms with Crippen LogP contribution in [-0.4, -0.2) is 0 Å². The van der Waals surface area contributed by atoms with Crippen molar-refractivity contribution in [3.8, 4) is 0 Å². The van der Waals surface area contributed by atoms with E-state index in [-0.39, 0.29) is 0 Å². The number of aromatic nitrogens is 1. The van der Waals surface area contributed by atoms with Crippen LogP contribution in [-0.2, 0) is 0 Å². The Kier molecular flexibility index (Phi) is 2.86. The Morgan fingerprint density at radius 1 is 1.06 bits per heavy atom. The van der Waals surface area contributed by atoms with Gasteiger partial charge in [-0.2, -0.15) is 4.57 Å². The van der Waals surface area contributed by atoms with Crippen molar-refractivity contribution in [2.75, 3.05) is 0 Å². The fourth-order valence-corrected chi connectivity index (χ4v) is 1.86. The van der Waals surface area contributed by atoms with Gasteiger partial charge >= 0.3 is 0 Å². The van der Waals surface area contributed by atoms with E-state index in [1.54, 1.807) is 0 Å². The van der Waals surface area contributed by atoms with Crippen molar-refractivity contribution in [3.05, 3.63) is 72.1 Å². The minimum Gasteiger partial charge on any atom is -0.167 e. The molecule has 1 heterocycles. The molecule has 2 rings (SSSR count). The van der Waals surface area contributed by atoms with Gasteiger partial charge in [0.25, 0.3) is 0 Å². The van der Waals surface area contributed by atoms with Crippen molar-refractivity contribution in [3.63, 3.8) is 0 Å². The molecular weight excluding hydrogens is 194 g/mol. The highest BCUT2D eigenvalue weighted by molar-refractivity contribution is 5.59. The first kappa shape index (κ1) is 10.6. The molecule has 0 amide bonds. The zero-order valence-electron chi connectivity index (χ0n) is 9.77. The van der Waals surface area contributed by atoms with E-state index in [2.05, 4.69) is 38.6 Å². The van der Waals surface area contributed by atoms with Gasteiger partial charge in [0.15, 0.2) is 12.4 Å². The van der Waals surface area contributed by atoms with Crippen LogP contribution in [0.25, 0.3) is 5.70 Å². The molecule has 0 atom stereocenters. The number of hydrogen-bond donors (Lipinski definition) is 0. The van der Waals surface area contributed by atoms with Gasteiger partial charge in [-0.15, -0.1) is 0 Å². The van der Waals surface area contributed by atoms with E-state index >= 15 is 0 Å². The lowest BCUT2D eigenvalue weighted by molar-refractivity contribution is -0.578. The average molecular weight is 210 g/mol. The highest BCUT2D eigenvalue weighted by atomic mass is 14.9. The first-order valence-corrected chi connectivity index (χ1v) is 5.41. The molecule has 0 saturated heterocycles. The van der Waals surface area contributed by atoms with E-state index in [1.165, 1.54) is 16.7 Å². The van der Waals surface area contributed by atoms with Crippen LogP contribution >= 0.6 is 0 Å². The van der Waals surface area contributed by atoms with E-state index < -0.39 is 0 Å². The number of hydrogen-bond acceptors (Lipinski definition) is 0. The highest BCUT2D eigenvalue weighted by Gasteiger charge is 2.11. The van der Waals surface area contributed by atoms with Gasteiger partial charge in [0.1, 0.15) is 0 Å². The van der Waals surface area contributed by atoms with Gasteiger partial charge in [-0.25, -0.2) is 0 Å². The Balaban J connectivity index is 2.42. The lowest BCUT2D eigenvalue weighted by Gasteiger charge is -2.05. The van der Waals surface area contributed by atoms with Gasteiger partial charge in [0.2, 0.25) is 5.70 Å². The van der Waals surface area contributed by atoms with E-state index in [0.29, 0.717) is 0 Å². The summed E-state index contributed by atoms with van der Waals surface area (Å²) in [5, 5.41) is 0. The molecule has 0 fully saturated rings. The number of nitrogens with zero attached hydrogens (tertiary/aromatic N) is 1. The fraction of sp³-hybridized carbons (Fsp3) is 0.133. The Morgan fingerprint density at radius 3 is 2.38 bits per heavy atom. The van der Waals surface area contributed by atoms with Crippen LogP contribution in [0.2, 0.25) is 0 Å². The first-order chi connectivity index (χ1) is 7.68. The van der Waals surface area contributed by atoms with Crippen LogP contribution in [0.4, 0.5) is 0 Å². The summed E-state index contributed by atoms with van der Waals surface area (Å²) in [6, 6.07) is 12.5. The van der Waals surface area contributed by atoms with Crippen LogP contribution < -0.4 is 4.57 Å². The molecule has 1 heteroatoms. The standard InChI is InChI=1S/C15H16N/c1-12-7-8-15(13(2)11-12)14(3)16-9-5-4-6-10-16/h4-11H,3H2,1-2H3/q+1. The van der Waals surface area contributed by atoms with Gasteiger partial charge in [0, 0.05) is 17.7 Å². The van der Waals surface area contributed by atoms with Crippen LogP contribution in [0.1, 0.15) is 16.7 Å². The maximum absolute atomic E-state index is 4.15. The molecule has 2 aromatic rings. The third kappa shape index (κ3) is 2.03. The molecule has 0 aliphatic rings. The maximum Gasteiger partial charge on any atom is 0.210 e. The third-order valence-corrected chi connectivity index (χ3v) is 2.72. The summed E-state index contributed by atoms with van der Waals surface area (Å²) in [7, 11) is 0. The molecule has 0 spiro atoms. The Bertz CT molecular complexity index is 512. The van der Waals surface area contributed by atoms with E-state index in [0.717, 1.165) is 5.70 Å². The third-order valence-electron chi connectivity index (χ3n) is 2.72. The Hall–Kier alpha value is -1.89. The van der Waals surface area contributed by atoms with Crippen LogP contribution in [0, 0.1) is 13.8 Å². The lowest BCUT2D eigenvalue weighted by atomic mass is 10.0. The van der Waals surface area contributed by atoms with Gasteiger partial charge in [-0.05, 0) is 32.1 Å². The second-order valence-corrected chi connectivity index (χ2v) is 4.05. The zero-order chi connectivity index (χ0) is 11.5. The molecule has 0 saturated carbocycles. The predicted octanol–water partition coefficient (Wildman–Crippen LogP) is 3.11. The summed E-state index contributed by atoms with van der Waals surface area (Å²) in [5.74, 6) is 0. The molecule has 0 radical (unpaired) electrons. The van der Waals surface area contributed by atoms with Crippen molar-refractivity contribution < 1.29 is 4.57 Å². The molecular formula is C15H16N+. The van der Waals surface area contributed by atoms with E-state index in [4.69, 9.17) is 0 Å². The average Bonchev–Trinajstić information content (AvgIpc) is 2.29. The summed E-state index contributed by atoms with van der Waals surface area (Å²) in [5.41, 5.74) is 4.76. The SMILES string of the molecule is C=C(c1ccc(C)cc1C)[n+]1ccccc1. The summed E-state index contributed by atoms with van der Waals surface area (Å²) in [6.45, 7) is 8.38. The second kappa shape index (κ2) is 4.31. The number of aryl methyl sites for hydroxylation is 2. The zero-order valence-corrected chi connectivity index (χ0v) is 9.77. The molecule has 0 bridgehead atoms. The maximum atomic E-state index is 4.15. The normalized spacial score (nSPS) is 10.1. The van der Waals surface area contributed by atoms with Gasteiger partial charge in [-0.1, -0.05) is 23.8 Å². The molecule has 1 nitrogen and oxygen atoms in total. The Morgan fingerprint density at radius 2 is 1.75 bits per heavy atom. The largest absolute Gasteiger partial charge is 0.210 e. The van der Waals surface area contributed by atoms with Crippen molar-refractivity contribution in [2.24, 2.45) is 0 Å². The van der Waals surface area contributed by atoms with Crippen molar-refractivity contribution in [1.29, 1.82) is 0 Å². The predicted molar refractivity (Wildman–Crippen MR) is 67.0 cm³/mol. The Labute approximate surface area is 96.7 Å². The highest BCUT2D eigenvalue weighted by Crippen LogP contribution is 2.16. The molecule has 80 valence electrons. The van der Waals surface area contributed by atoms with Gasteiger partial charge in [-0.3, -0.25) is 0 Å². The molecule has 0 unspecified atom stereocenters. The summed E-state index contributed by atoms with van der Waals surface area (Å²) < 4.78 is 2.04. The fourth-order valence-electron chi connectivity index (χ4n) is 1.86. The van der Waals surface area contributed by atoms with Gasteiger partial charge in [0.05, 0.1) is 0 Å². The minimum atomic E-state index is 1.01. The van der Waals surface area contributed by atoms with E-state index in [9.17, 15) is 0 Å². The minimum absolute atomic E-state index is 1.01. The number of benzene rings is 1. The summed E-state index contributed by atoms with van der Waals surface area (Å²) in [6.07, 6.45) is 4.03.